The lowest BCUT2D eigenvalue weighted by Crippen LogP contribution is -2.23. The van der Waals surface area contributed by atoms with Crippen molar-refractivity contribution < 1.29 is 9.53 Å². The molecular formula is C24H26N2O2. The first-order valence-corrected chi connectivity index (χ1v) is 9.52. The second-order valence-electron chi connectivity index (χ2n) is 6.56. The summed E-state index contributed by atoms with van der Waals surface area (Å²) in [4.78, 5) is 12.6. The maximum atomic E-state index is 12.6. The zero-order valence-electron chi connectivity index (χ0n) is 16.4. The van der Waals surface area contributed by atoms with Gasteiger partial charge >= 0.3 is 0 Å². The minimum absolute atomic E-state index is 0.0956. The van der Waals surface area contributed by atoms with Crippen molar-refractivity contribution in [3.63, 3.8) is 0 Å². The second kappa shape index (κ2) is 9.60. The number of amides is 1. The van der Waals surface area contributed by atoms with Gasteiger partial charge in [-0.2, -0.15) is 0 Å². The molecule has 0 spiro atoms. The van der Waals surface area contributed by atoms with Crippen molar-refractivity contribution >= 4 is 11.6 Å². The first kappa shape index (κ1) is 19.5. The van der Waals surface area contributed by atoms with E-state index in [1.54, 1.807) is 7.11 Å². The topological polar surface area (TPSA) is 50.4 Å². The van der Waals surface area contributed by atoms with E-state index in [9.17, 15) is 4.79 Å². The number of carbonyl (C=O) groups is 1. The number of para-hydroxylation sites is 2. The molecular weight excluding hydrogens is 348 g/mol. The Balaban J connectivity index is 1.63. The molecule has 0 bridgehead atoms. The Bertz CT molecular complexity index is 937. The van der Waals surface area contributed by atoms with Crippen molar-refractivity contribution in [2.24, 2.45) is 0 Å². The fraction of sp³-hybridized carbons (Fsp3) is 0.208. The Hall–Kier alpha value is -3.27. The molecule has 1 amide bonds. The van der Waals surface area contributed by atoms with Crippen molar-refractivity contribution in [1.29, 1.82) is 0 Å². The van der Waals surface area contributed by atoms with E-state index in [0.717, 1.165) is 29.0 Å². The predicted molar refractivity (Wildman–Crippen MR) is 114 cm³/mol. The van der Waals surface area contributed by atoms with E-state index in [4.69, 9.17) is 4.74 Å². The number of hydrogen-bond acceptors (Lipinski definition) is 3. The summed E-state index contributed by atoms with van der Waals surface area (Å²) in [5, 5.41) is 6.44. The average Bonchev–Trinajstić information content (AvgIpc) is 2.76. The summed E-state index contributed by atoms with van der Waals surface area (Å²) in [6, 6.07) is 23.7. The van der Waals surface area contributed by atoms with Gasteiger partial charge in [-0.25, -0.2) is 0 Å². The molecule has 0 radical (unpaired) electrons. The third-order valence-electron chi connectivity index (χ3n) is 4.70. The van der Waals surface area contributed by atoms with Gasteiger partial charge < -0.3 is 15.4 Å². The first-order valence-electron chi connectivity index (χ1n) is 9.52. The summed E-state index contributed by atoms with van der Waals surface area (Å²) >= 11 is 0. The molecule has 0 aromatic heterocycles. The van der Waals surface area contributed by atoms with Crippen LogP contribution in [0.1, 0.15) is 34.0 Å². The van der Waals surface area contributed by atoms with E-state index in [0.29, 0.717) is 18.7 Å². The molecule has 3 rings (SSSR count). The van der Waals surface area contributed by atoms with Crippen LogP contribution in [0.4, 0.5) is 5.69 Å². The Kier molecular flexibility index (Phi) is 6.68. The van der Waals surface area contributed by atoms with Crippen molar-refractivity contribution in [1.82, 2.24) is 5.32 Å². The summed E-state index contributed by atoms with van der Waals surface area (Å²) in [6.07, 6.45) is 0.981. The van der Waals surface area contributed by atoms with Crippen molar-refractivity contribution in [3.8, 4) is 5.75 Å². The smallest absolute Gasteiger partial charge is 0.251 e. The van der Waals surface area contributed by atoms with Gasteiger partial charge in [-0.15, -0.1) is 0 Å². The Morgan fingerprint density at radius 3 is 2.43 bits per heavy atom. The van der Waals surface area contributed by atoms with Gasteiger partial charge in [0.15, 0.2) is 0 Å². The molecule has 3 aromatic rings. The van der Waals surface area contributed by atoms with Gasteiger partial charge in [-0.1, -0.05) is 55.5 Å². The Morgan fingerprint density at radius 2 is 1.64 bits per heavy atom. The monoisotopic (exact) mass is 374 g/mol. The van der Waals surface area contributed by atoms with E-state index < -0.39 is 0 Å². The fourth-order valence-corrected chi connectivity index (χ4v) is 3.15. The lowest BCUT2D eigenvalue weighted by atomic mass is 10.1. The van der Waals surface area contributed by atoms with Crippen LogP contribution in [0.5, 0.6) is 5.75 Å². The molecule has 0 unspecified atom stereocenters. The third kappa shape index (κ3) is 4.92. The van der Waals surface area contributed by atoms with Crippen molar-refractivity contribution in [3.05, 3.63) is 95.1 Å². The molecule has 28 heavy (non-hydrogen) atoms. The number of methoxy groups -OCH3 is 1. The third-order valence-corrected chi connectivity index (χ3v) is 4.70. The van der Waals surface area contributed by atoms with Crippen LogP contribution in [-0.4, -0.2) is 13.0 Å². The largest absolute Gasteiger partial charge is 0.496 e. The van der Waals surface area contributed by atoms with Gasteiger partial charge in [0, 0.05) is 29.9 Å². The van der Waals surface area contributed by atoms with Gasteiger partial charge in [0.1, 0.15) is 5.75 Å². The minimum atomic E-state index is -0.0956. The molecule has 0 aliphatic rings. The van der Waals surface area contributed by atoms with Crippen molar-refractivity contribution in [2.45, 2.75) is 26.4 Å². The maximum Gasteiger partial charge on any atom is 0.251 e. The Labute approximate surface area is 166 Å². The van der Waals surface area contributed by atoms with Gasteiger partial charge in [-0.05, 0) is 41.8 Å². The molecule has 3 aromatic carbocycles. The van der Waals surface area contributed by atoms with Crippen molar-refractivity contribution in [2.75, 3.05) is 12.4 Å². The number of anilines is 1. The second-order valence-corrected chi connectivity index (χ2v) is 6.56. The summed E-state index contributed by atoms with van der Waals surface area (Å²) in [5.74, 6) is 0.678. The van der Waals surface area contributed by atoms with Crippen LogP contribution in [-0.2, 0) is 19.5 Å². The minimum Gasteiger partial charge on any atom is -0.496 e. The lowest BCUT2D eigenvalue weighted by molar-refractivity contribution is 0.0950. The summed E-state index contributed by atoms with van der Waals surface area (Å²) in [6.45, 7) is 3.24. The number of hydrogen-bond donors (Lipinski definition) is 2. The maximum absolute atomic E-state index is 12.6. The number of rotatable bonds is 8. The van der Waals surface area contributed by atoms with Gasteiger partial charge in [0.05, 0.1) is 7.11 Å². The molecule has 0 fully saturated rings. The molecule has 0 saturated carbocycles. The van der Waals surface area contributed by atoms with Crippen LogP contribution >= 0.6 is 0 Å². The quantitative estimate of drug-likeness (QED) is 0.595. The van der Waals surface area contributed by atoms with E-state index >= 15 is 0 Å². The highest BCUT2D eigenvalue weighted by Crippen LogP contribution is 2.18. The summed E-state index contributed by atoms with van der Waals surface area (Å²) in [7, 11) is 1.63. The molecule has 4 heteroatoms. The van der Waals surface area contributed by atoms with Crippen LogP contribution in [0.15, 0.2) is 72.8 Å². The standard InChI is InChI=1S/C24H26N2O2/c1-3-19-10-4-6-13-22(19)25-16-18-9-8-12-20(15-18)24(27)26-17-21-11-5-7-14-23(21)28-2/h4-15,25H,3,16-17H2,1-2H3,(H,26,27). The fourth-order valence-electron chi connectivity index (χ4n) is 3.15. The van der Waals surface area contributed by atoms with Crippen LogP contribution in [0.2, 0.25) is 0 Å². The predicted octanol–water partition coefficient (Wildman–Crippen LogP) is 4.80. The Morgan fingerprint density at radius 1 is 0.893 bits per heavy atom. The highest BCUT2D eigenvalue weighted by atomic mass is 16.5. The number of aryl methyl sites for hydroxylation is 1. The number of nitrogens with one attached hydrogen (secondary N) is 2. The molecule has 0 atom stereocenters. The molecule has 0 saturated heterocycles. The molecule has 4 nitrogen and oxygen atoms in total. The van der Waals surface area contributed by atoms with Gasteiger partial charge in [-0.3, -0.25) is 4.79 Å². The molecule has 2 N–H and O–H groups in total. The van der Waals surface area contributed by atoms with Crippen LogP contribution in [0, 0.1) is 0 Å². The van der Waals surface area contributed by atoms with Gasteiger partial charge in [0.25, 0.3) is 5.91 Å². The zero-order chi connectivity index (χ0) is 19.8. The molecule has 144 valence electrons. The number of ether oxygens (including phenoxy) is 1. The van der Waals surface area contributed by atoms with Gasteiger partial charge in [0.2, 0.25) is 0 Å². The van der Waals surface area contributed by atoms with E-state index in [-0.39, 0.29) is 5.91 Å². The number of carbonyl (C=O) groups excluding carboxylic acids is 1. The summed E-state index contributed by atoms with van der Waals surface area (Å²) in [5.41, 5.74) is 5.09. The summed E-state index contributed by atoms with van der Waals surface area (Å²) < 4.78 is 5.34. The molecule has 0 heterocycles. The van der Waals surface area contributed by atoms with Crippen LogP contribution in [0.25, 0.3) is 0 Å². The van der Waals surface area contributed by atoms with Crippen LogP contribution < -0.4 is 15.4 Å². The first-order chi connectivity index (χ1) is 13.7. The van der Waals surface area contributed by atoms with E-state index in [2.05, 4.69) is 35.8 Å². The normalized spacial score (nSPS) is 10.4. The zero-order valence-corrected chi connectivity index (χ0v) is 16.4. The highest BCUT2D eigenvalue weighted by Gasteiger charge is 2.08. The average molecular weight is 374 g/mol. The molecule has 0 aliphatic heterocycles. The number of benzene rings is 3. The molecule has 0 aliphatic carbocycles. The van der Waals surface area contributed by atoms with Crippen LogP contribution in [0.3, 0.4) is 0 Å². The van der Waals surface area contributed by atoms with E-state index in [1.807, 2.05) is 54.6 Å². The SMILES string of the molecule is CCc1ccccc1NCc1cccc(C(=O)NCc2ccccc2OC)c1. The van der Waals surface area contributed by atoms with E-state index in [1.165, 1.54) is 5.56 Å². The highest BCUT2D eigenvalue weighted by molar-refractivity contribution is 5.94. The lowest BCUT2D eigenvalue weighted by Gasteiger charge is -2.12.